The molecule has 94 valence electrons. The van der Waals surface area contributed by atoms with Crippen LogP contribution in [0.4, 0.5) is 0 Å². The predicted octanol–water partition coefficient (Wildman–Crippen LogP) is 3.62. The first-order valence-corrected chi connectivity index (χ1v) is 7.62. The fourth-order valence-corrected chi connectivity index (χ4v) is 4.03. The average molecular weight is 272 g/mol. The van der Waals surface area contributed by atoms with Crippen LogP contribution in [0, 0.1) is 5.92 Å². The number of fused-ring (bicyclic) bond motifs is 1. The van der Waals surface area contributed by atoms with Gasteiger partial charge >= 0.3 is 0 Å². The van der Waals surface area contributed by atoms with E-state index < -0.39 is 0 Å². The molecule has 1 aliphatic carbocycles. The van der Waals surface area contributed by atoms with Gasteiger partial charge in [-0.15, -0.1) is 11.3 Å². The molecule has 1 aromatic rings. The summed E-state index contributed by atoms with van der Waals surface area (Å²) in [6.07, 6.45) is 5.55. The lowest BCUT2D eigenvalue weighted by atomic mass is 9.85. The van der Waals surface area contributed by atoms with Crippen molar-refractivity contribution in [3.8, 4) is 0 Å². The number of halogens is 1. The van der Waals surface area contributed by atoms with Crippen molar-refractivity contribution in [3.05, 3.63) is 21.3 Å². The smallest absolute Gasteiger partial charge is 0.104 e. The van der Waals surface area contributed by atoms with E-state index in [4.69, 9.17) is 16.3 Å². The van der Waals surface area contributed by atoms with Gasteiger partial charge in [-0.1, -0.05) is 24.4 Å². The number of ether oxygens (including phenoxy) is 1. The standard InChI is InChI=1S/C13H18ClNOS/c14-13-6-5-12(17-13)11-7-15-10-4-2-1-3-9(10)8-16-11/h5-6,9-11,15H,1-4,7-8H2. The zero-order valence-electron chi connectivity index (χ0n) is 9.82. The highest BCUT2D eigenvalue weighted by atomic mass is 35.5. The Morgan fingerprint density at radius 1 is 1.29 bits per heavy atom. The van der Waals surface area contributed by atoms with Crippen LogP contribution < -0.4 is 5.32 Å². The quantitative estimate of drug-likeness (QED) is 0.842. The second-order valence-electron chi connectivity index (χ2n) is 5.02. The number of hydrogen-bond donors (Lipinski definition) is 1. The Hall–Kier alpha value is -0.0900. The zero-order valence-corrected chi connectivity index (χ0v) is 11.4. The first-order chi connectivity index (χ1) is 8.33. The van der Waals surface area contributed by atoms with Gasteiger partial charge in [0.2, 0.25) is 0 Å². The second-order valence-corrected chi connectivity index (χ2v) is 6.77. The van der Waals surface area contributed by atoms with Gasteiger partial charge in [0.1, 0.15) is 6.10 Å². The van der Waals surface area contributed by atoms with Gasteiger partial charge in [0, 0.05) is 17.5 Å². The number of rotatable bonds is 1. The summed E-state index contributed by atoms with van der Waals surface area (Å²) < 4.78 is 6.91. The maximum Gasteiger partial charge on any atom is 0.104 e. The lowest BCUT2D eigenvalue weighted by Crippen LogP contribution is -2.38. The van der Waals surface area contributed by atoms with Crippen molar-refractivity contribution < 1.29 is 4.74 Å². The second kappa shape index (κ2) is 5.27. The van der Waals surface area contributed by atoms with Gasteiger partial charge in [-0.3, -0.25) is 0 Å². The Labute approximate surface area is 111 Å². The minimum atomic E-state index is 0.193. The van der Waals surface area contributed by atoms with Crippen molar-refractivity contribution in [2.24, 2.45) is 5.92 Å². The van der Waals surface area contributed by atoms with E-state index in [-0.39, 0.29) is 6.10 Å². The lowest BCUT2D eigenvalue weighted by Gasteiger charge is -2.29. The van der Waals surface area contributed by atoms with E-state index in [1.54, 1.807) is 11.3 Å². The SMILES string of the molecule is Clc1ccc(C2CNC3CCCCC3CO2)s1. The van der Waals surface area contributed by atoms with Gasteiger partial charge in [0.15, 0.2) is 0 Å². The summed E-state index contributed by atoms with van der Waals surface area (Å²) >= 11 is 7.62. The normalized spacial score (nSPS) is 34.1. The molecule has 2 fully saturated rings. The molecule has 0 aromatic carbocycles. The highest BCUT2D eigenvalue weighted by Crippen LogP contribution is 2.33. The van der Waals surface area contributed by atoms with E-state index in [1.807, 2.05) is 6.07 Å². The molecule has 0 amide bonds. The summed E-state index contributed by atoms with van der Waals surface area (Å²) in [6, 6.07) is 4.72. The molecule has 1 N–H and O–H groups in total. The Kier molecular flexibility index (Phi) is 3.71. The molecule has 1 saturated carbocycles. The number of hydrogen-bond acceptors (Lipinski definition) is 3. The highest BCUT2D eigenvalue weighted by Gasteiger charge is 2.30. The van der Waals surface area contributed by atoms with E-state index in [0.29, 0.717) is 12.0 Å². The van der Waals surface area contributed by atoms with Crippen molar-refractivity contribution >= 4 is 22.9 Å². The van der Waals surface area contributed by atoms with Crippen molar-refractivity contribution in [3.63, 3.8) is 0 Å². The average Bonchev–Trinajstić information content (AvgIpc) is 2.66. The van der Waals surface area contributed by atoms with Crippen LogP contribution in [0.15, 0.2) is 12.1 Å². The molecule has 4 heteroatoms. The molecule has 1 saturated heterocycles. The minimum absolute atomic E-state index is 0.193. The molecular formula is C13H18ClNOS. The first-order valence-electron chi connectivity index (χ1n) is 6.43. The highest BCUT2D eigenvalue weighted by molar-refractivity contribution is 7.16. The molecule has 2 heterocycles. The van der Waals surface area contributed by atoms with E-state index >= 15 is 0 Å². The van der Waals surface area contributed by atoms with Crippen LogP contribution in [-0.2, 0) is 4.74 Å². The van der Waals surface area contributed by atoms with Gasteiger partial charge in [-0.25, -0.2) is 0 Å². The van der Waals surface area contributed by atoms with Crippen LogP contribution in [0.25, 0.3) is 0 Å². The van der Waals surface area contributed by atoms with Gasteiger partial charge in [0.25, 0.3) is 0 Å². The zero-order chi connectivity index (χ0) is 11.7. The monoisotopic (exact) mass is 271 g/mol. The fraction of sp³-hybridized carbons (Fsp3) is 0.692. The summed E-state index contributed by atoms with van der Waals surface area (Å²) in [5.41, 5.74) is 0. The Balaban J connectivity index is 1.69. The Morgan fingerprint density at radius 2 is 2.18 bits per heavy atom. The third kappa shape index (κ3) is 2.68. The molecular weight excluding hydrogens is 254 g/mol. The molecule has 0 spiro atoms. The molecule has 2 nitrogen and oxygen atoms in total. The van der Waals surface area contributed by atoms with Crippen molar-refractivity contribution in [1.29, 1.82) is 0 Å². The van der Waals surface area contributed by atoms with Crippen LogP contribution >= 0.6 is 22.9 Å². The largest absolute Gasteiger partial charge is 0.371 e. The van der Waals surface area contributed by atoms with Crippen molar-refractivity contribution in [2.45, 2.75) is 37.8 Å². The van der Waals surface area contributed by atoms with Crippen LogP contribution in [0.5, 0.6) is 0 Å². The van der Waals surface area contributed by atoms with Crippen molar-refractivity contribution in [2.75, 3.05) is 13.2 Å². The minimum Gasteiger partial charge on any atom is -0.371 e. The predicted molar refractivity (Wildman–Crippen MR) is 71.8 cm³/mol. The summed E-state index contributed by atoms with van der Waals surface area (Å²) in [6.45, 7) is 1.83. The van der Waals surface area contributed by atoms with Gasteiger partial charge in [-0.05, 0) is 30.9 Å². The summed E-state index contributed by atoms with van der Waals surface area (Å²) in [4.78, 5) is 1.25. The topological polar surface area (TPSA) is 21.3 Å². The van der Waals surface area contributed by atoms with Crippen molar-refractivity contribution in [1.82, 2.24) is 5.32 Å². The van der Waals surface area contributed by atoms with E-state index in [2.05, 4.69) is 11.4 Å². The van der Waals surface area contributed by atoms with Crippen LogP contribution in [0.2, 0.25) is 4.34 Å². The Morgan fingerprint density at radius 3 is 3.00 bits per heavy atom. The molecule has 2 aliphatic rings. The van der Waals surface area contributed by atoms with Gasteiger partial charge in [0.05, 0.1) is 10.9 Å². The lowest BCUT2D eigenvalue weighted by molar-refractivity contribution is 0.0421. The summed E-state index contributed by atoms with van der Waals surface area (Å²) in [5, 5.41) is 3.68. The third-order valence-corrected chi connectivity index (χ3v) is 5.22. The Bertz CT molecular complexity index is 365. The molecule has 17 heavy (non-hydrogen) atoms. The van der Waals surface area contributed by atoms with Crippen LogP contribution in [-0.4, -0.2) is 19.2 Å². The number of thiophene rings is 1. The first kappa shape index (κ1) is 12.0. The van der Waals surface area contributed by atoms with E-state index in [0.717, 1.165) is 17.5 Å². The van der Waals surface area contributed by atoms with Gasteiger partial charge < -0.3 is 10.1 Å². The maximum absolute atomic E-state index is 6.06. The third-order valence-electron chi connectivity index (χ3n) is 3.90. The molecule has 1 aromatic heterocycles. The fourth-order valence-electron chi connectivity index (χ4n) is 2.92. The van der Waals surface area contributed by atoms with E-state index in [1.165, 1.54) is 30.6 Å². The molecule has 0 bridgehead atoms. The van der Waals surface area contributed by atoms with Gasteiger partial charge in [-0.2, -0.15) is 0 Å². The summed E-state index contributed by atoms with van der Waals surface area (Å²) in [7, 11) is 0. The molecule has 0 radical (unpaired) electrons. The molecule has 3 unspecified atom stereocenters. The van der Waals surface area contributed by atoms with E-state index in [9.17, 15) is 0 Å². The van der Waals surface area contributed by atoms with Crippen LogP contribution in [0.3, 0.4) is 0 Å². The molecule has 1 aliphatic heterocycles. The summed E-state index contributed by atoms with van der Waals surface area (Å²) in [5.74, 6) is 0.712. The maximum atomic E-state index is 6.06. The number of nitrogens with one attached hydrogen (secondary N) is 1. The molecule has 3 rings (SSSR count). The molecule has 3 atom stereocenters. The van der Waals surface area contributed by atoms with Crippen LogP contribution in [0.1, 0.15) is 36.7 Å².